The molecule has 0 aliphatic heterocycles. The first-order valence-electron chi connectivity index (χ1n) is 23.3. The van der Waals surface area contributed by atoms with Gasteiger partial charge in [-0.3, -0.25) is 0 Å². The molecule has 0 heterocycles. The topological polar surface area (TPSA) is 0 Å². The second-order valence-electron chi connectivity index (χ2n) is 20.4. The molecule has 0 spiro atoms. The highest BCUT2D eigenvalue weighted by atomic mass is 14.4. The minimum atomic E-state index is -0.191. The van der Waals surface area contributed by atoms with Gasteiger partial charge in [-0.25, -0.2) is 0 Å². The summed E-state index contributed by atoms with van der Waals surface area (Å²) in [6.45, 7) is 14.3. The van der Waals surface area contributed by atoms with Crippen LogP contribution in [0, 0.1) is 0 Å². The number of rotatable bonds is 4. The van der Waals surface area contributed by atoms with Gasteiger partial charge in [-0.15, -0.1) is 0 Å². The van der Waals surface area contributed by atoms with E-state index in [1.807, 2.05) is 0 Å². The van der Waals surface area contributed by atoms with E-state index < -0.39 is 0 Å². The van der Waals surface area contributed by atoms with Crippen molar-refractivity contribution in [1.82, 2.24) is 0 Å². The smallest absolute Gasteiger partial charge is 0.0159 e. The molecule has 0 saturated carbocycles. The molecule has 0 N–H and O–H groups in total. The molecule has 0 bridgehead atoms. The summed E-state index contributed by atoms with van der Waals surface area (Å²) >= 11 is 0. The summed E-state index contributed by atoms with van der Waals surface area (Å²) < 4.78 is 0. The summed E-state index contributed by atoms with van der Waals surface area (Å²) in [7, 11) is 0. The summed E-state index contributed by atoms with van der Waals surface area (Å²) in [5, 5.41) is 5.11. The van der Waals surface area contributed by atoms with Crippen molar-refractivity contribution in [3.05, 3.63) is 228 Å². The molecule has 0 nitrogen and oxygen atoms in total. The summed E-state index contributed by atoms with van der Waals surface area (Å²) in [4.78, 5) is 0. The lowest BCUT2D eigenvalue weighted by Gasteiger charge is -2.24. The van der Waals surface area contributed by atoms with Crippen molar-refractivity contribution in [2.45, 2.75) is 57.8 Å². The Morgan fingerprint density at radius 3 is 1.20 bits per heavy atom. The fourth-order valence-corrected chi connectivity index (χ4v) is 12.4. The van der Waals surface area contributed by atoms with Crippen molar-refractivity contribution < 1.29 is 0 Å². The molecule has 13 rings (SSSR count). The van der Waals surface area contributed by atoms with Gasteiger partial charge in [0.15, 0.2) is 0 Å². The Kier molecular flexibility index (Phi) is 7.86. The molecule has 0 unspecified atom stereocenters. The Morgan fingerprint density at radius 1 is 0.215 bits per heavy atom. The zero-order valence-electron chi connectivity index (χ0n) is 38.0. The first-order chi connectivity index (χ1) is 31.5. The Balaban J connectivity index is 0.976. The van der Waals surface area contributed by atoms with Gasteiger partial charge in [-0.1, -0.05) is 205 Å². The van der Waals surface area contributed by atoms with Crippen LogP contribution in [0.2, 0.25) is 0 Å². The molecule has 10 aromatic rings. The zero-order valence-corrected chi connectivity index (χ0v) is 38.0. The van der Waals surface area contributed by atoms with Crippen molar-refractivity contribution in [3.8, 4) is 77.9 Å². The van der Waals surface area contributed by atoms with Crippen molar-refractivity contribution >= 4 is 21.5 Å². The molecule has 0 aromatic heterocycles. The van der Waals surface area contributed by atoms with E-state index in [4.69, 9.17) is 0 Å². The maximum Gasteiger partial charge on any atom is 0.0159 e. The van der Waals surface area contributed by atoms with E-state index in [2.05, 4.69) is 236 Å². The average Bonchev–Trinajstić information content (AvgIpc) is 3.82. The predicted molar refractivity (Wildman–Crippen MR) is 276 cm³/mol. The van der Waals surface area contributed by atoms with Crippen LogP contribution in [-0.2, 0) is 16.2 Å². The van der Waals surface area contributed by atoms with Gasteiger partial charge in [-0.05, 0) is 163 Å². The van der Waals surface area contributed by atoms with Gasteiger partial charge in [0.25, 0.3) is 0 Å². The van der Waals surface area contributed by atoms with Gasteiger partial charge in [0.05, 0.1) is 0 Å². The largest absolute Gasteiger partial charge is 0.0622 e. The number of benzene rings is 10. The Labute approximate surface area is 382 Å². The van der Waals surface area contributed by atoms with Gasteiger partial charge in [0.1, 0.15) is 0 Å². The number of hydrogen-bond donors (Lipinski definition) is 0. The van der Waals surface area contributed by atoms with Crippen molar-refractivity contribution in [2.75, 3.05) is 0 Å². The van der Waals surface area contributed by atoms with E-state index in [1.54, 1.807) is 0 Å². The third-order valence-electron chi connectivity index (χ3n) is 15.9. The van der Waals surface area contributed by atoms with Crippen LogP contribution < -0.4 is 0 Å². The molecule has 0 heteroatoms. The molecule has 310 valence electrons. The first-order valence-corrected chi connectivity index (χ1v) is 23.3. The predicted octanol–water partition coefficient (Wildman–Crippen LogP) is 17.6. The molecule has 65 heavy (non-hydrogen) atoms. The van der Waals surface area contributed by atoms with Gasteiger partial charge in [0.2, 0.25) is 0 Å². The molecule has 0 atom stereocenters. The fourth-order valence-electron chi connectivity index (χ4n) is 12.4. The van der Waals surface area contributed by atoms with Crippen molar-refractivity contribution in [3.63, 3.8) is 0 Å². The van der Waals surface area contributed by atoms with Gasteiger partial charge < -0.3 is 0 Å². The van der Waals surface area contributed by atoms with Crippen LogP contribution in [-0.4, -0.2) is 0 Å². The van der Waals surface area contributed by atoms with Gasteiger partial charge in [-0.2, -0.15) is 0 Å². The van der Waals surface area contributed by atoms with E-state index >= 15 is 0 Å². The summed E-state index contributed by atoms with van der Waals surface area (Å²) in [5.41, 5.74) is 26.3. The summed E-state index contributed by atoms with van der Waals surface area (Å²) in [6.07, 6.45) is 0. The lowest BCUT2D eigenvalue weighted by Crippen LogP contribution is -2.15. The van der Waals surface area contributed by atoms with E-state index in [0.29, 0.717) is 0 Å². The van der Waals surface area contributed by atoms with E-state index in [0.717, 1.165) is 0 Å². The average molecular weight is 831 g/mol. The minimum Gasteiger partial charge on any atom is -0.0622 e. The van der Waals surface area contributed by atoms with Crippen LogP contribution in [0.1, 0.15) is 74.9 Å². The second-order valence-corrected chi connectivity index (χ2v) is 20.4. The highest BCUT2D eigenvalue weighted by molar-refractivity contribution is 6.22. The standard InChI is InChI=1S/C65H50/c1-63(2)56-23-15-13-19-46(56)53-35-43(28-33-57(53)63)62-51-21-11-10-20-50(51)61(52-32-26-40(34-54(52)62)39-16-8-7-9-17-39)44-27-31-49-48-30-25-42(37-59(48)65(5,6)60(49)38-44)41-24-29-47-45-18-12-14-22-55(45)64(3,4)58(47)36-41/h7-38H,1-6H3. The van der Waals surface area contributed by atoms with Gasteiger partial charge in [0, 0.05) is 16.2 Å². The molecule has 0 amide bonds. The van der Waals surface area contributed by atoms with Crippen molar-refractivity contribution in [2.24, 2.45) is 0 Å². The van der Waals surface area contributed by atoms with Crippen LogP contribution in [0.25, 0.3) is 99.4 Å². The first kappa shape index (κ1) is 38.2. The van der Waals surface area contributed by atoms with E-state index in [-0.39, 0.29) is 16.2 Å². The van der Waals surface area contributed by atoms with Gasteiger partial charge >= 0.3 is 0 Å². The lowest BCUT2D eigenvalue weighted by molar-refractivity contribution is 0.659. The van der Waals surface area contributed by atoms with E-state index in [1.165, 1.54) is 133 Å². The second kappa shape index (κ2) is 13.4. The number of fused-ring (bicyclic) bond motifs is 11. The normalized spacial score (nSPS) is 15.3. The SMILES string of the molecule is CC1(C)c2ccccc2-c2cc(-c3c4ccccc4c(-c4ccc5c(c4)C(C)(C)c4cc(-c6ccc7c(c6)C(C)(C)c6ccccc6-7)ccc4-5)c4ccc(-c5ccccc5)cc34)ccc21. The maximum atomic E-state index is 2.52. The van der Waals surface area contributed by atoms with Crippen LogP contribution in [0.4, 0.5) is 0 Å². The molecule has 3 aliphatic rings. The summed E-state index contributed by atoms with van der Waals surface area (Å²) in [6, 6.07) is 74.0. The molecule has 0 fully saturated rings. The Bertz CT molecular complexity index is 3670. The third-order valence-corrected chi connectivity index (χ3v) is 15.9. The molecule has 0 radical (unpaired) electrons. The molecule has 0 saturated heterocycles. The monoisotopic (exact) mass is 830 g/mol. The molecule has 10 aromatic carbocycles. The fraction of sp³-hybridized carbons (Fsp3) is 0.138. The molecule has 3 aliphatic carbocycles. The van der Waals surface area contributed by atoms with Crippen LogP contribution in [0.15, 0.2) is 194 Å². The summed E-state index contributed by atoms with van der Waals surface area (Å²) in [5.74, 6) is 0. The van der Waals surface area contributed by atoms with E-state index in [9.17, 15) is 0 Å². The lowest BCUT2D eigenvalue weighted by atomic mass is 9.79. The zero-order chi connectivity index (χ0) is 44.0. The van der Waals surface area contributed by atoms with Crippen LogP contribution in [0.5, 0.6) is 0 Å². The van der Waals surface area contributed by atoms with Crippen molar-refractivity contribution in [1.29, 1.82) is 0 Å². The maximum absolute atomic E-state index is 2.52. The minimum absolute atomic E-state index is 0.0369. The van der Waals surface area contributed by atoms with Crippen LogP contribution in [0.3, 0.4) is 0 Å². The molecular formula is C65H50. The number of hydrogen-bond acceptors (Lipinski definition) is 0. The Morgan fingerprint density at radius 2 is 0.585 bits per heavy atom. The highest BCUT2D eigenvalue weighted by Gasteiger charge is 2.39. The quantitative estimate of drug-likeness (QED) is 0.155. The van der Waals surface area contributed by atoms with Crippen LogP contribution >= 0.6 is 0 Å². The highest BCUT2D eigenvalue weighted by Crippen LogP contribution is 2.55. The third kappa shape index (κ3) is 5.32. The Hall–Kier alpha value is -7.28. The molecular weight excluding hydrogens is 781 g/mol.